The molecule has 1 heterocycles. The molecule has 0 saturated carbocycles. The summed E-state index contributed by atoms with van der Waals surface area (Å²) >= 11 is 7.67. The highest BCUT2D eigenvalue weighted by Crippen LogP contribution is 2.15. The zero-order valence-corrected chi connectivity index (χ0v) is 11.7. The number of rotatable bonds is 6. The molecule has 96 valence electrons. The summed E-state index contributed by atoms with van der Waals surface area (Å²) in [6.45, 7) is 0. The molecule has 0 fully saturated rings. The Morgan fingerprint density at radius 2 is 2.00 bits per heavy atom. The van der Waals surface area contributed by atoms with Gasteiger partial charge in [0.25, 0.3) is 0 Å². The molecule has 0 bridgehead atoms. The van der Waals surface area contributed by atoms with Crippen LogP contribution in [0.25, 0.3) is 0 Å². The van der Waals surface area contributed by atoms with E-state index in [1.54, 1.807) is 11.3 Å². The molecule has 0 radical (unpaired) electrons. The number of nitrogens with two attached hydrogens (primary N) is 1. The third-order valence-electron chi connectivity index (χ3n) is 2.95. The summed E-state index contributed by atoms with van der Waals surface area (Å²) in [6, 6.07) is 12.5. The number of thiophene rings is 1. The highest BCUT2D eigenvalue weighted by molar-refractivity contribution is 7.09. The minimum atomic E-state index is 0.299. The largest absolute Gasteiger partial charge is 0.271 e. The molecule has 2 rings (SSSR count). The predicted octanol–water partition coefficient (Wildman–Crippen LogP) is 3.41. The Labute approximate surface area is 117 Å². The maximum atomic E-state index is 5.87. The van der Waals surface area contributed by atoms with E-state index in [9.17, 15) is 0 Å². The molecule has 1 unspecified atom stereocenters. The number of aryl methyl sites for hydroxylation is 1. The molecule has 1 aromatic heterocycles. The molecule has 0 aliphatic carbocycles. The van der Waals surface area contributed by atoms with Gasteiger partial charge in [-0.2, -0.15) is 0 Å². The summed E-state index contributed by atoms with van der Waals surface area (Å²) in [4.78, 5) is 1.41. The first-order valence-electron chi connectivity index (χ1n) is 6.01. The van der Waals surface area contributed by atoms with Crippen LogP contribution in [0.1, 0.15) is 16.9 Å². The van der Waals surface area contributed by atoms with Crippen molar-refractivity contribution in [1.29, 1.82) is 0 Å². The monoisotopic (exact) mass is 280 g/mol. The van der Waals surface area contributed by atoms with E-state index in [2.05, 4.69) is 35.1 Å². The van der Waals surface area contributed by atoms with Crippen LogP contribution >= 0.6 is 22.9 Å². The van der Waals surface area contributed by atoms with Crippen LogP contribution in [0.3, 0.4) is 0 Å². The van der Waals surface area contributed by atoms with Crippen LogP contribution in [0.4, 0.5) is 0 Å². The molecule has 0 aliphatic heterocycles. The average molecular weight is 281 g/mol. The van der Waals surface area contributed by atoms with Gasteiger partial charge >= 0.3 is 0 Å². The number of hydrogen-bond donors (Lipinski definition) is 2. The second-order valence-electron chi connectivity index (χ2n) is 4.31. The maximum absolute atomic E-state index is 5.87. The number of hydrazine groups is 1. The quantitative estimate of drug-likeness (QED) is 0.629. The van der Waals surface area contributed by atoms with Gasteiger partial charge in [0.05, 0.1) is 0 Å². The SMILES string of the molecule is NNC(CCc1cccs1)Cc1ccc(Cl)cc1. The van der Waals surface area contributed by atoms with Crippen LogP contribution in [-0.4, -0.2) is 6.04 Å². The first-order valence-corrected chi connectivity index (χ1v) is 7.26. The molecule has 2 nitrogen and oxygen atoms in total. The number of nitrogens with one attached hydrogen (secondary N) is 1. The highest BCUT2D eigenvalue weighted by Gasteiger charge is 2.08. The van der Waals surface area contributed by atoms with Crippen molar-refractivity contribution in [3.8, 4) is 0 Å². The Balaban J connectivity index is 1.87. The van der Waals surface area contributed by atoms with Crippen molar-refractivity contribution < 1.29 is 0 Å². The third kappa shape index (κ3) is 4.10. The van der Waals surface area contributed by atoms with Crippen LogP contribution in [0.2, 0.25) is 5.02 Å². The van der Waals surface area contributed by atoms with Gasteiger partial charge < -0.3 is 0 Å². The Hall–Kier alpha value is -0.870. The second kappa shape index (κ2) is 6.90. The van der Waals surface area contributed by atoms with Gasteiger partial charge in [0.2, 0.25) is 0 Å². The van der Waals surface area contributed by atoms with Gasteiger partial charge in [0, 0.05) is 15.9 Å². The molecule has 0 spiro atoms. The van der Waals surface area contributed by atoms with Gasteiger partial charge in [-0.1, -0.05) is 29.8 Å². The lowest BCUT2D eigenvalue weighted by molar-refractivity contribution is 0.493. The van der Waals surface area contributed by atoms with E-state index >= 15 is 0 Å². The molecule has 4 heteroatoms. The molecule has 1 atom stereocenters. The molecule has 1 aromatic carbocycles. The zero-order valence-electron chi connectivity index (χ0n) is 10.1. The lowest BCUT2D eigenvalue weighted by Gasteiger charge is -2.15. The molecule has 0 amide bonds. The lowest BCUT2D eigenvalue weighted by Crippen LogP contribution is -2.37. The molecule has 3 N–H and O–H groups in total. The fourth-order valence-electron chi connectivity index (χ4n) is 1.92. The summed E-state index contributed by atoms with van der Waals surface area (Å²) in [5.74, 6) is 5.62. The lowest BCUT2D eigenvalue weighted by atomic mass is 10.0. The van der Waals surface area contributed by atoms with Crippen molar-refractivity contribution in [3.63, 3.8) is 0 Å². The summed E-state index contributed by atoms with van der Waals surface area (Å²) in [7, 11) is 0. The Kier molecular flexibility index (Phi) is 5.20. The predicted molar refractivity (Wildman–Crippen MR) is 78.9 cm³/mol. The van der Waals surface area contributed by atoms with E-state index in [1.165, 1.54) is 10.4 Å². The van der Waals surface area contributed by atoms with Crippen LogP contribution in [-0.2, 0) is 12.8 Å². The van der Waals surface area contributed by atoms with E-state index in [1.807, 2.05) is 12.1 Å². The van der Waals surface area contributed by atoms with Crippen LogP contribution in [0.15, 0.2) is 41.8 Å². The minimum absolute atomic E-state index is 0.299. The normalized spacial score (nSPS) is 12.6. The van der Waals surface area contributed by atoms with Crippen LogP contribution in [0.5, 0.6) is 0 Å². The molecule has 2 aromatic rings. The van der Waals surface area contributed by atoms with E-state index in [4.69, 9.17) is 17.4 Å². The van der Waals surface area contributed by atoms with Crippen molar-refractivity contribution >= 4 is 22.9 Å². The molecular formula is C14H17ClN2S. The van der Waals surface area contributed by atoms with Crippen molar-refractivity contribution in [2.45, 2.75) is 25.3 Å². The molecule has 0 aliphatic rings. The van der Waals surface area contributed by atoms with Crippen molar-refractivity contribution in [3.05, 3.63) is 57.2 Å². The van der Waals surface area contributed by atoms with Gasteiger partial charge in [-0.25, -0.2) is 0 Å². The van der Waals surface area contributed by atoms with E-state index < -0.39 is 0 Å². The average Bonchev–Trinajstić information content (AvgIpc) is 2.90. The van der Waals surface area contributed by atoms with Gasteiger partial charge in [-0.3, -0.25) is 11.3 Å². The highest BCUT2D eigenvalue weighted by atomic mass is 35.5. The summed E-state index contributed by atoms with van der Waals surface area (Å²) < 4.78 is 0. The topological polar surface area (TPSA) is 38.0 Å². The molecule has 18 heavy (non-hydrogen) atoms. The van der Waals surface area contributed by atoms with Gasteiger partial charge in [0.15, 0.2) is 0 Å². The third-order valence-corrected chi connectivity index (χ3v) is 4.14. The van der Waals surface area contributed by atoms with Gasteiger partial charge in [-0.05, 0) is 48.4 Å². The second-order valence-corrected chi connectivity index (χ2v) is 5.78. The summed E-state index contributed by atoms with van der Waals surface area (Å²) in [5, 5.41) is 2.88. The van der Waals surface area contributed by atoms with Gasteiger partial charge in [-0.15, -0.1) is 11.3 Å². The summed E-state index contributed by atoms with van der Waals surface area (Å²) in [6.07, 6.45) is 3.04. The first-order chi connectivity index (χ1) is 8.78. The Bertz CT molecular complexity index is 453. The zero-order chi connectivity index (χ0) is 12.8. The minimum Gasteiger partial charge on any atom is -0.271 e. The van der Waals surface area contributed by atoms with Crippen molar-refractivity contribution in [2.24, 2.45) is 5.84 Å². The Morgan fingerprint density at radius 3 is 2.61 bits per heavy atom. The van der Waals surface area contributed by atoms with E-state index in [-0.39, 0.29) is 0 Å². The number of halogens is 1. The van der Waals surface area contributed by atoms with Crippen LogP contribution in [0, 0.1) is 0 Å². The van der Waals surface area contributed by atoms with Gasteiger partial charge in [0.1, 0.15) is 0 Å². The van der Waals surface area contributed by atoms with Crippen LogP contribution < -0.4 is 11.3 Å². The van der Waals surface area contributed by atoms with Crippen molar-refractivity contribution in [1.82, 2.24) is 5.43 Å². The molecule has 0 saturated heterocycles. The fraction of sp³-hybridized carbons (Fsp3) is 0.286. The number of hydrogen-bond acceptors (Lipinski definition) is 3. The fourth-order valence-corrected chi connectivity index (χ4v) is 2.77. The number of benzene rings is 1. The van der Waals surface area contributed by atoms with E-state index in [0.717, 1.165) is 24.3 Å². The Morgan fingerprint density at radius 1 is 1.22 bits per heavy atom. The maximum Gasteiger partial charge on any atom is 0.0406 e. The molecular weight excluding hydrogens is 264 g/mol. The smallest absolute Gasteiger partial charge is 0.0406 e. The standard InChI is InChI=1S/C14H17ClN2S/c15-12-5-3-11(4-6-12)10-13(17-16)7-8-14-2-1-9-18-14/h1-6,9,13,17H,7-8,10,16H2. The summed E-state index contributed by atoms with van der Waals surface area (Å²) in [5.41, 5.74) is 4.16. The van der Waals surface area contributed by atoms with Crippen molar-refractivity contribution in [2.75, 3.05) is 0 Å². The first kappa shape index (κ1) is 13.6. The van der Waals surface area contributed by atoms with E-state index in [0.29, 0.717) is 6.04 Å².